The summed E-state index contributed by atoms with van der Waals surface area (Å²) in [5.41, 5.74) is 0.639. The number of rotatable bonds is 8. The Labute approximate surface area is 125 Å². The number of benzene rings is 1. The van der Waals surface area contributed by atoms with E-state index in [1.54, 1.807) is 12.1 Å². The molecule has 1 unspecified atom stereocenters. The van der Waals surface area contributed by atoms with E-state index < -0.39 is 0 Å². The summed E-state index contributed by atoms with van der Waals surface area (Å²) >= 11 is 0. The first kappa shape index (κ1) is 17.1. The van der Waals surface area contributed by atoms with Crippen molar-refractivity contribution in [3.63, 3.8) is 0 Å². The zero-order chi connectivity index (χ0) is 15.8. The molecule has 1 amide bonds. The molecule has 0 radical (unpaired) electrons. The van der Waals surface area contributed by atoms with Crippen LogP contribution >= 0.6 is 0 Å². The first-order valence-electron chi connectivity index (χ1n) is 6.83. The molecule has 0 saturated carbocycles. The van der Waals surface area contributed by atoms with Crippen LogP contribution in [0.4, 0.5) is 0 Å². The Balaban J connectivity index is 2.84. The molecule has 1 atom stereocenters. The quantitative estimate of drug-likeness (QED) is 0.760. The van der Waals surface area contributed by atoms with Gasteiger partial charge in [-0.2, -0.15) is 0 Å². The van der Waals surface area contributed by atoms with Crippen molar-refractivity contribution in [1.29, 1.82) is 0 Å². The van der Waals surface area contributed by atoms with Gasteiger partial charge in [0, 0.05) is 6.04 Å². The number of aliphatic hydroxyl groups is 1. The van der Waals surface area contributed by atoms with E-state index in [9.17, 15) is 9.90 Å². The van der Waals surface area contributed by atoms with Crippen LogP contribution in [0.5, 0.6) is 17.2 Å². The second-order valence-corrected chi connectivity index (χ2v) is 4.65. The van der Waals surface area contributed by atoms with Gasteiger partial charge in [0.25, 0.3) is 5.91 Å². The van der Waals surface area contributed by atoms with E-state index in [4.69, 9.17) is 14.2 Å². The van der Waals surface area contributed by atoms with Crippen molar-refractivity contribution in [3.8, 4) is 17.2 Å². The lowest BCUT2D eigenvalue weighted by Crippen LogP contribution is -2.35. The molecule has 1 aromatic carbocycles. The number of amides is 1. The monoisotopic (exact) mass is 297 g/mol. The molecule has 0 spiro atoms. The molecule has 0 bridgehead atoms. The molecule has 0 saturated heterocycles. The average Bonchev–Trinajstić information content (AvgIpc) is 2.51. The van der Waals surface area contributed by atoms with Gasteiger partial charge in [0.2, 0.25) is 5.75 Å². The van der Waals surface area contributed by atoms with Gasteiger partial charge in [0.05, 0.1) is 20.8 Å². The van der Waals surface area contributed by atoms with Crippen molar-refractivity contribution in [1.82, 2.24) is 5.32 Å². The zero-order valence-corrected chi connectivity index (χ0v) is 12.9. The van der Waals surface area contributed by atoms with Gasteiger partial charge >= 0.3 is 0 Å². The number of hydrogen-bond donors (Lipinski definition) is 2. The number of carbonyl (C=O) groups is 1. The smallest absolute Gasteiger partial charge is 0.258 e. The highest BCUT2D eigenvalue weighted by atomic mass is 16.5. The van der Waals surface area contributed by atoms with Crippen LogP contribution in [0.2, 0.25) is 0 Å². The third kappa shape index (κ3) is 4.82. The molecule has 118 valence electrons. The van der Waals surface area contributed by atoms with E-state index in [0.29, 0.717) is 22.8 Å². The number of ether oxygens (including phenoxy) is 3. The lowest BCUT2D eigenvalue weighted by Gasteiger charge is -2.16. The molecule has 1 aromatic rings. The third-order valence-electron chi connectivity index (χ3n) is 3.07. The Morgan fingerprint density at radius 3 is 2.29 bits per heavy atom. The molecule has 0 aliphatic carbocycles. The molecule has 0 aliphatic heterocycles. The molecule has 1 rings (SSSR count). The highest BCUT2D eigenvalue weighted by Gasteiger charge is 2.16. The van der Waals surface area contributed by atoms with Crippen molar-refractivity contribution in [2.24, 2.45) is 0 Å². The number of carbonyl (C=O) groups excluding carboxylic acids is 1. The van der Waals surface area contributed by atoms with Gasteiger partial charge in [0.15, 0.2) is 18.1 Å². The molecule has 0 aromatic heterocycles. The van der Waals surface area contributed by atoms with Crippen molar-refractivity contribution in [2.45, 2.75) is 32.9 Å². The Kier molecular flexibility index (Phi) is 6.81. The minimum absolute atomic E-state index is 0.0988. The van der Waals surface area contributed by atoms with Gasteiger partial charge in [-0.25, -0.2) is 0 Å². The minimum atomic E-state index is -0.209. The minimum Gasteiger partial charge on any atom is -0.493 e. The van der Waals surface area contributed by atoms with E-state index in [0.717, 1.165) is 6.42 Å². The SMILES string of the molecule is CCC(C)NC(=O)COc1c(OC)cc(CO)cc1OC. The molecule has 2 N–H and O–H groups in total. The zero-order valence-electron chi connectivity index (χ0n) is 12.9. The molecule has 0 aliphatic rings. The maximum atomic E-state index is 11.8. The molecule has 0 fully saturated rings. The van der Waals surface area contributed by atoms with Crippen LogP contribution in [-0.4, -0.2) is 37.9 Å². The Morgan fingerprint density at radius 2 is 1.86 bits per heavy atom. The van der Waals surface area contributed by atoms with E-state index in [1.165, 1.54) is 14.2 Å². The molecular formula is C15H23NO5. The summed E-state index contributed by atoms with van der Waals surface area (Å²) in [5.74, 6) is 0.959. The van der Waals surface area contributed by atoms with Crippen LogP contribution in [0.25, 0.3) is 0 Å². The van der Waals surface area contributed by atoms with E-state index in [-0.39, 0.29) is 25.2 Å². The first-order chi connectivity index (χ1) is 10.0. The van der Waals surface area contributed by atoms with Crippen molar-refractivity contribution >= 4 is 5.91 Å². The Bertz CT molecular complexity index is 450. The second-order valence-electron chi connectivity index (χ2n) is 4.65. The normalized spacial score (nSPS) is 11.7. The fraction of sp³-hybridized carbons (Fsp3) is 0.533. The fourth-order valence-electron chi connectivity index (χ4n) is 1.72. The Morgan fingerprint density at radius 1 is 1.29 bits per heavy atom. The maximum absolute atomic E-state index is 11.8. The molecule has 6 nitrogen and oxygen atoms in total. The lowest BCUT2D eigenvalue weighted by atomic mass is 10.2. The van der Waals surface area contributed by atoms with Crippen LogP contribution in [0.15, 0.2) is 12.1 Å². The number of methoxy groups -OCH3 is 2. The van der Waals surface area contributed by atoms with Crippen LogP contribution in [-0.2, 0) is 11.4 Å². The van der Waals surface area contributed by atoms with Crippen LogP contribution in [0, 0.1) is 0 Å². The van der Waals surface area contributed by atoms with Crippen molar-refractivity contribution < 1.29 is 24.1 Å². The van der Waals surface area contributed by atoms with Gasteiger partial charge < -0.3 is 24.6 Å². The van der Waals surface area contributed by atoms with Crippen molar-refractivity contribution in [2.75, 3.05) is 20.8 Å². The summed E-state index contributed by atoms with van der Waals surface area (Å²) in [6.45, 7) is 3.65. The van der Waals surface area contributed by atoms with Gasteiger partial charge in [-0.3, -0.25) is 4.79 Å². The molecule has 6 heteroatoms. The summed E-state index contributed by atoms with van der Waals surface area (Å²) in [7, 11) is 2.98. The highest BCUT2D eigenvalue weighted by molar-refractivity contribution is 5.78. The predicted molar refractivity (Wildman–Crippen MR) is 78.9 cm³/mol. The molecule has 0 heterocycles. The van der Waals surface area contributed by atoms with Gasteiger partial charge in [0.1, 0.15) is 0 Å². The lowest BCUT2D eigenvalue weighted by molar-refractivity contribution is -0.123. The number of aliphatic hydroxyl groups excluding tert-OH is 1. The van der Waals surface area contributed by atoms with Gasteiger partial charge in [-0.15, -0.1) is 0 Å². The van der Waals surface area contributed by atoms with E-state index >= 15 is 0 Å². The maximum Gasteiger partial charge on any atom is 0.258 e. The van der Waals surface area contributed by atoms with Crippen molar-refractivity contribution in [3.05, 3.63) is 17.7 Å². The summed E-state index contributed by atoms with van der Waals surface area (Å²) in [6, 6.07) is 3.39. The summed E-state index contributed by atoms with van der Waals surface area (Å²) in [6.07, 6.45) is 0.851. The van der Waals surface area contributed by atoms with Gasteiger partial charge in [-0.1, -0.05) is 6.92 Å². The Hall–Kier alpha value is -1.95. The van der Waals surface area contributed by atoms with Gasteiger partial charge in [-0.05, 0) is 31.0 Å². The summed E-state index contributed by atoms with van der Waals surface area (Å²) in [5, 5.41) is 12.0. The topological polar surface area (TPSA) is 77.0 Å². The van der Waals surface area contributed by atoms with Crippen LogP contribution in [0.3, 0.4) is 0 Å². The standard InChI is InChI=1S/C15H23NO5/c1-5-10(2)16-14(18)9-21-15-12(19-3)6-11(8-17)7-13(15)20-4/h6-7,10,17H,5,8-9H2,1-4H3,(H,16,18). The van der Waals surface area contributed by atoms with Crippen LogP contribution < -0.4 is 19.5 Å². The van der Waals surface area contributed by atoms with E-state index in [2.05, 4.69) is 5.32 Å². The third-order valence-corrected chi connectivity index (χ3v) is 3.07. The fourth-order valence-corrected chi connectivity index (χ4v) is 1.72. The molecular weight excluding hydrogens is 274 g/mol. The van der Waals surface area contributed by atoms with Crippen LogP contribution in [0.1, 0.15) is 25.8 Å². The number of hydrogen-bond acceptors (Lipinski definition) is 5. The largest absolute Gasteiger partial charge is 0.493 e. The predicted octanol–water partition coefficient (Wildman–Crippen LogP) is 1.49. The molecule has 21 heavy (non-hydrogen) atoms. The number of nitrogens with one attached hydrogen (secondary N) is 1. The average molecular weight is 297 g/mol. The first-order valence-corrected chi connectivity index (χ1v) is 6.83. The van der Waals surface area contributed by atoms with E-state index in [1.807, 2.05) is 13.8 Å². The highest BCUT2D eigenvalue weighted by Crippen LogP contribution is 2.38. The second kappa shape index (κ2) is 8.36. The summed E-state index contributed by atoms with van der Waals surface area (Å²) < 4.78 is 15.9. The summed E-state index contributed by atoms with van der Waals surface area (Å²) in [4.78, 5) is 11.8.